The van der Waals surface area contributed by atoms with E-state index in [0.717, 1.165) is 25.7 Å². The molecule has 4 nitrogen and oxygen atoms in total. The van der Waals surface area contributed by atoms with Crippen LogP contribution in [0.1, 0.15) is 68.1 Å². The summed E-state index contributed by atoms with van der Waals surface area (Å²) in [6.07, 6.45) is 10.4. The largest absolute Gasteiger partial charge is 0.545 e. The number of carbonyl (C=O) groups is 1. The maximum absolute atomic E-state index is 10.7. The monoisotopic (exact) mass is 307 g/mol. The SMILES string of the molecule is O=C([O-])c1cccc(OCCCCCCCCCCCO)c1. The maximum Gasteiger partial charge on any atom is 0.119 e. The van der Waals surface area contributed by atoms with Crippen molar-refractivity contribution in [2.45, 2.75) is 57.8 Å². The molecule has 0 aliphatic rings. The Morgan fingerprint density at radius 1 is 0.955 bits per heavy atom. The van der Waals surface area contributed by atoms with Gasteiger partial charge in [-0.3, -0.25) is 0 Å². The van der Waals surface area contributed by atoms with Gasteiger partial charge in [-0.15, -0.1) is 0 Å². The molecule has 0 spiro atoms. The van der Waals surface area contributed by atoms with Crippen molar-refractivity contribution < 1.29 is 19.7 Å². The van der Waals surface area contributed by atoms with Gasteiger partial charge >= 0.3 is 0 Å². The van der Waals surface area contributed by atoms with Crippen LogP contribution in [0.15, 0.2) is 24.3 Å². The molecule has 1 N–H and O–H groups in total. The van der Waals surface area contributed by atoms with Gasteiger partial charge in [0.2, 0.25) is 0 Å². The molecule has 0 aliphatic carbocycles. The van der Waals surface area contributed by atoms with Crippen molar-refractivity contribution in [2.24, 2.45) is 0 Å². The Balaban J connectivity index is 1.97. The number of benzene rings is 1. The summed E-state index contributed by atoms with van der Waals surface area (Å²) in [7, 11) is 0. The molecule has 0 aliphatic heterocycles. The Bertz CT molecular complexity index is 417. The molecule has 1 rings (SSSR count). The highest BCUT2D eigenvalue weighted by Crippen LogP contribution is 2.14. The third kappa shape index (κ3) is 8.67. The zero-order valence-corrected chi connectivity index (χ0v) is 13.3. The topological polar surface area (TPSA) is 69.6 Å². The first-order valence-electron chi connectivity index (χ1n) is 8.29. The number of carboxylic acids is 1. The molecule has 0 aromatic heterocycles. The van der Waals surface area contributed by atoms with Crippen LogP contribution in [-0.4, -0.2) is 24.3 Å². The minimum absolute atomic E-state index is 0.152. The van der Waals surface area contributed by atoms with Gasteiger partial charge in [0.05, 0.1) is 12.6 Å². The third-order valence-electron chi connectivity index (χ3n) is 3.64. The number of aliphatic hydroxyl groups is 1. The van der Waals surface area contributed by atoms with Crippen molar-refractivity contribution in [1.29, 1.82) is 0 Å². The second-order valence-electron chi connectivity index (χ2n) is 5.57. The lowest BCUT2D eigenvalue weighted by atomic mass is 10.1. The molecule has 0 atom stereocenters. The predicted molar refractivity (Wildman–Crippen MR) is 84.9 cm³/mol. The van der Waals surface area contributed by atoms with E-state index in [-0.39, 0.29) is 5.56 Å². The number of aromatic carboxylic acids is 1. The van der Waals surface area contributed by atoms with Crippen LogP contribution >= 0.6 is 0 Å². The molecule has 1 aromatic rings. The lowest BCUT2D eigenvalue weighted by Crippen LogP contribution is -2.22. The Kier molecular flexibility index (Phi) is 10.1. The van der Waals surface area contributed by atoms with Crippen molar-refractivity contribution in [2.75, 3.05) is 13.2 Å². The zero-order chi connectivity index (χ0) is 16.0. The minimum atomic E-state index is -1.18. The van der Waals surface area contributed by atoms with Crippen LogP contribution in [0, 0.1) is 0 Å². The number of rotatable bonds is 13. The van der Waals surface area contributed by atoms with Gasteiger partial charge < -0.3 is 19.7 Å². The molecule has 0 saturated heterocycles. The highest BCUT2D eigenvalue weighted by atomic mass is 16.5. The molecule has 0 radical (unpaired) electrons. The number of carbonyl (C=O) groups excluding carboxylic acids is 1. The summed E-state index contributed by atoms with van der Waals surface area (Å²) in [4.78, 5) is 10.7. The van der Waals surface area contributed by atoms with E-state index in [4.69, 9.17) is 9.84 Å². The van der Waals surface area contributed by atoms with Gasteiger partial charge in [0.15, 0.2) is 0 Å². The Morgan fingerprint density at radius 3 is 2.14 bits per heavy atom. The molecule has 22 heavy (non-hydrogen) atoms. The van der Waals surface area contributed by atoms with Crippen molar-refractivity contribution in [3.05, 3.63) is 29.8 Å². The van der Waals surface area contributed by atoms with E-state index in [1.54, 1.807) is 12.1 Å². The van der Waals surface area contributed by atoms with Gasteiger partial charge in [-0.05, 0) is 25.0 Å². The first-order chi connectivity index (χ1) is 10.7. The second kappa shape index (κ2) is 12.0. The van der Waals surface area contributed by atoms with Crippen molar-refractivity contribution in [1.82, 2.24) is 0 Å². The van der Waals surface area contributed by atoms with Crippen molar-refractivity contribution in [3.8, 4) is 5.75 Å². The fourth-order valence-corrected chi connectivity index (χ4v) is 2.35. The molecular formula is C18H27O4-. The second-order valence-corrected chi connectivity index (χ2v) is 5.57. The van der Waals surface area contributed by atoms with Crippen LogP contribution in [0.4, 0.5) is 0 Å². The number of ether oxygens (including phenoxy) is 1. The highest BCUT2D eigenvalue weighted by molar-refractivity contribution is 5.86. The van der Waals surface area contributed by atoms with Gasteiger partial charge in [0, 0.05) is 12.2 Å². The van der Waals surface area contributed by atoms with Gasteiger partial charge in [-0.2, -0.15) is 0 Å². The first kappa shape index (κ1) is 18.5. The number of hydrogen-bond donors (Lipinski definition) is 1. The van der Waals surface area contributed by atoms with E-state index in [0.29, 0.717) is 19.0 Å². The standard InChI is InChI=1S/C18H28O4/c19-13-8-6-4-2-1-3-5-7-9-14-22-17-12-10-11-16(15-17)18(20)21/h10-12,15,19H,1-9,13-14H2,(H,20,21)/p-1. The van der Waals surface area contributed by atoms with Gasteiger partial charge in [-0.25, -0.2) is 0 Å². The molecule has 0 fully saturated rings. The lowest BCUT2D eigenvalue weighted by Gasteiger charge is -2.08. The molecule has 4 heteroatoms. The van der Waals surface area contributed by atoms with Crippen LogP contribution in [-0.2, 0) is 0 Å². The smallest absolute Gasteiger partial charge is 0.119 e. The number of unbranched alkanes of at least 4 members (excludes halogenated alkanes) is 8. The fraction of sp³-hybridized carbons (Fsp3) is 0.611. The Morgan fingerprint density at radius 2 is 1.55 bits per heavy atom. The molecule has 0 bridgehead atoms. The predicted octanol–water partition coefficient (Wildman–Crippen LogP) is 2.93. The first-order valence-corrected chi connectivity index (χ1v) is 8.29. The molecule has 1 aromatic carbocycles. The molecule has 0 amide bonds. The molecular weight excluding hydrogens is 280 g/mol. The summed E-state index contributed by atoms with van der Waals surface area (Å²) in [5, 5.41) is 19.4. The fourth-order valence-electron chi connectivity index (χ4n) is 2.35. The lowest BCUT2D eigenvalue weighted by molar-refractivity contribution is -0.255. The molecule has 0 saturated carbocycles. The number of hydrogen-bond acceptors (Lipinski definition) is 4. The van der Waals surface area contributed by atoms with Gasteiger partial charge in [-0.1, -0.05) is 57.1 Å². The van der Waals surface area contributed by atoms with Crippen molar-refractivity contribution in [3.63, 3.8) is 0 Å². The summed E-state index contributed by atoms with van der Waals surface area (Å²) in [6, 6.07) is 6.43. The van der Waals surface area contributed by atoms with Crippen molar-refractivity contribution >= 4 is 5.97 Å². The average molecular weight is 307 g/mol. The minimum Gasteiger partial charge on any atom is -0.545 e. The Labute approximate surface area is 133 Å². The van der Waals surface area contributed by atoms with E-state index >= 15 is 0 Å². The highest BCUT2D eigenvalue weighted by Gasteiger charge is 1.98. The Hall–Kier alpha value is -1.55. The van der Waals surface area contributed by atoms with E-state index in [1.165, 1.54) is 44.2 Å². The van der Waals surface area contributed by atoms with Gasteiger partial charge in [0.1, 0.15) is 5.75 Å². The normalized spacial score (nSPS) is 10.6. The zero-order valence-electron chi connectivity index (χ0n) is 13.3. The third-order valence-corrected chi connectivity index (χ3v) is 3.64. The summed E-state index contributed by atoms with van der Waals surface area (Å²) < 4.78 is 5.55. The molecule has 0 heterocycles. The summed E-state index contributed by atoms with van der Waals surface area (Å²) in [6.45, 7) is 0.929. The van der Waals surface area contributed by atoms with Gasteiger partial charge in [0.25, 0.3) is 0 Å². The van der Waals surface area contributed by atoms with Crippen LogP contribution in [0.5, 0.6) is 5.75 Å². The summed E-state index contributed by atoms with van der Waals surface area (Å²) in [5.41, 5.74) is 0.152. The summed E-state index contributed by atoms with van der Waals surface area (Å²) in [5.74, 6) is -0.588. The van der Waals surface area contributed by atoms with Crippen LogP contribution < -0.4 is 9.84 Å². The number of aliphatic hydroxyl groups excluding tert-OH is 1. The van der Waals surface area contributed by atoms with Crippen LogP contribution in [0.2, 0.25) is 0 Å². The quantitative estimate of drug-likeness (QED) is 0.569. The molecule has 124 valence electrons. The van der Waals surface area contributed by atoms with E-state index < -0.39 is 5.97 Å². The van der Waals surface area contributed by atoms with E-state index in [2.05, 4.69) is 0 Å². The van der Waals surface area contributed by atoms with E-state index in [9.17, 15) is 9.90 Å². The average Bonchev–Trinajstić information content (AvgIpc) is 2.53. The maximum atomic E-state index is 10.7. The molecule has 0 unspecified atom stereocenters. The number of carboxylic acid groups (broad SMARTS) is 1. The summed E-state index contributed by atoms with van der Waals surface area (Å²) >= 11 is 0. The van der Waals surface area contributed by atoms with Crippen LogP contribution in [0.3, 0.4) is 0 Å². The van der Waals surface area contributed by atoms with E-state index in [1.807, 2.05) is 0 Å². The van der Waals surface area contributed by atoms with Crippen LogP contribution in [0.25, 0.3) is 0 Å².